The van der Waals surface area contributed by atoms with Gasteiger partial charge in [-0.2, -0.15) is 0 Å². The van der Waals surface area contributed by atoms with Crippen LogP contribution in [0.5, 0.6) is 5.75 Å². The summed E-state index contributed by atoms with van der Waals surface area (Å²) in [6.07, 6.45) is 0. The number of H-pyrrole nitrogens is 1. The first-order valence-corrected chi connectivity index (χ1v) is 7.89. The summed E-state index contributed by atoms with van der Waals surface area (Å²) in [4.78, 5) is 15.9. The van der Waals surface area contributed by atoms with E-state index < -0.39 is 0 Å². The summed E-state index contributed by atoms with van der Waals surface area (Å²) >= 11 is 0. The number of ether oxygens (including phenoxy) is 1. The van der Waals surface area contributed by atoms with Gasteiger partial charge in [0.05, 0.1) is 18.8 Å². The van der Waals surface area contributed by atoms with Gasteiger partial charge in [0.1, 0.15) is 5.75 Å². The molecule has 0 aliphatic rings. The van der Waals surface area contributed by atoms with E-state index in [0.717, 1.165) is 16.6 Å². The van der Waals surface area contributed by atoms with Crippen molar-refractivity contribution < 1.29 is 14.6 Å². The lowest BCUT2D eigenvalue weighted by atomic mass is 10.1. The fourth-order valence-electron chi connectivity index (χ4n) is 2.84. The Bertz CT molecular complexity index is 883. The Morgan fingerprint density at radius 2 is 2.04 bits per heavy atom. The molecule has 3 N–H and O–H groups in total. The summed E-state index contributed by atoms with van der Waals surface area (Å²) in [6.45, 7) is 4.14. The largest absolute Gasteiger partial charge is 0.494 e. The van der Waals surface area contributed by atoms with E-state index in [0.29, 0.717) is 29.2 Å². The number of aromatic nitrogens is 1. The summed E-state index contributed by atoms with van der Waals surface area (Å²) in [5, 5.41) is 13.3. The highest BCUT2D eigenvalue weighted by Crippen LogP contribution is 2.26. The summed E-state index contributed by atoms with van der Waals surface area (Å²) in [5.74, 6) is 0.444. The Kier molecular flexibility index (Phi) is 4.53. The summed E-state index contributed by atoms with van der Waals surface area (Å²) in [6, 6.07) is 13.0. The van der Waals surface area contributed by atoms with Gasteiger partial charge in [-0.1, -0.05) is 18.2 Å². The van der Waals surface area contributed by atoms with Gasteiger partial charge < -0.3 is 20.1 Å². The Morgan fingerprint density at radius 3 is 2.79 bits per heavy atom. The maximum absolute atomic E-state index is 12.7. The molecule has 1 amide bonds. The van der Waals surface area contributed by atoms with Crippen molar-refractivity contribution in [2.45, 2.75) is 20.5 Å². The van der Waals surface area contributed by atoms with E-state index in [-0.39, 0.29) is 12.5 Å². The van der Waals surface area contributed by atoms with Gasteiger partial charge in [0, 0.05) is 27.8 Å². The lowest BCUT2D eigenvalue weighted by molar-refractivity contribution is 0.102. The van der Waals surface area contributed by atoms with Crippen LogP contribution in [0.25, 0.3) is 10.9 Å². The second-order valence-corrected chi connectivity index (χ2v) is 5.54. The third-order valence-electron chi connectivity index (χ3n) is 3.91. The zero-order chi connectivity index (χ0) is 17.1. The minimum absolute atomic E-state index is 0.148. The number of nitrogens with one attached hydrogen (secondary N) is 2. The van der Waals surface area contributed by atoms with Crippen LogP contribution in [0.1, 0.15) is 28.5 Å². The molecule has 3 aromatic rings. The highest BCUT2D eigenvalue weighted by molar-refractivity contribution is 6.13. The predicted molar refractivity (Wildman–Crippen MR) is 94.5 cm³/mol. The number of aliphatic hydroxyl groups is 1. The molecule has 24 heavy (non-hydrogen) atoms. The van der Waals surface area contributed by atoms with Gasteiger partial charge in [0.25, 0.3) is 5.91 Å². The molecule has 0 fully saturated rings. The average Bonchev–Trinajstić information content (AvgIpc) is 2.92. The van der Waals surface area contributed by atoms with Crippen molar-refractivity contribution >= 4 is 22.5 Å². The highest BCUT2D eigenvalue weighted by Gasteiger charge is 2.16. The first-order chi connectivity index (χ1) is 11.6. The molecule has 1 aromatic heterocycles. The quantitative estimate of drug-likeness (QED) is 0.671. The first-order valence-electron chi connectivity index (χ1n) is 7.89. The van der Waals surface area contributed by atoms with Crippen molar-refractivity contribution in [1.82, 2.24) is 4.98 Å². The number of hydrogen-bond acceptors (Lipinski definition) is 3. The fraction of sp³-hybridized carbons (Fsp3) is 0.211. The van der Waals surface area contributed by atoms with Crippen molar-refractivity contribution in [3.8, 4) is 5.75 Å². The topological polar surface area (TPSA) is 74.3 Å². The van der Waals surface area contributed by atoms with Gasteiger partial charge in [0.15, 0.2) is 0 Å². The lowest BCUT2D eigenvalue weighted by Gasteiger charge is -2.11. The van der Waals surface area contributed by atoms with E-state index in [4.69, 9.17) is 4.74 Å². The number of carbonyl (C=O) groups excluding carboxylic acids is 1. The van der Waals surface area contributed by atoms with Crippen LogP contribution in [0.15, 0.2) is 42.5 Å². The summed E-state index contributed by atoms with van der Waals surface area (Å²) in [7, 11) is 0. The van der Waals surface area contributed by atoms with E-state index in [1.54, 1.807) is 18.2 Å². The predicted octanol–water partition coefficient (Wildman–Crippen LogP) is 3.62. The van der Waals surface area contributed by atoms with Crippen molar-refractivity contribution in [2.75, 3.05) is 11.9 Å². The number of hydrogen-bond donors (Lipinski definition) is 3. The van der Waals surface area contributed by atoms with Crippen LogP contribution in [-0.4, -0.2) is 22.6 Å². The van der Waals surface area contributed by atoms with Crippen LogP contribution >= 0.6 is 0 Å². The molecule has 0 aliphatic carbocycles. The molecule has 0 bridgehead atoms. The number of amides is 1. The maximum Gasteiger partial charge on any atom is 0.258 e. The molecular formula is C19H20N2O3. The van der Waals surface area contributed by atoms with E-state index in [1.165, 1.54) is 0 Å². The zero-order valence-electron chi connectivity index (χ0n) is 13.7. The molecule has 0 aliphatic heterocycles. The number of anilines is 1. The number of rotatable bonds is 5. The highest BCUT2D eigenvalue weighted by atomic mass is 16.5. The second-order valence-electron chi connectivity index (χ2n) is 5.54. The lowest BCUT2D eigenvalue weighted by Crippen LogP contribution is -2.13. The van der Waals surface area contributed by atoms with Crippen LogP contribution in [0, 0.1) is 6.92 Å². The molecule has 0 radical (unpaired) electrons. The Hall–Kier alpha value is -2.79. The molecule has 5 heteroatoms. The molecule has 0 spiro atoms. The van der Waals surface area contributed by atoms with Gasteiger partial charge >= 0.3 is 0 Å². The first kappa shape index (κ1) is 16.1. The zero-order valence-corrected chi connectivity index (χ0v) is 13.7. The third-order valence-corrected chi connectivity index (χ3v) is 3.91. The van der Waals surface area contributed by atoms with Gasteiger partial charge in [-0.25, -0.2) is 0 Å². The number of fused-ring (bicyclic) bond motifs is 1. The van der Waals surface area contributed by atoms with Crippen LogP contribution in [0.3, 0.4) is 0 Å². The van der Waals surface area contributed by atoms with Gasteiger partial charge in [0.2, 0.25) is 0 Å². The van der Waals surface area contributed by atoms with Crippen LogP contribution in [0.4, 0.5) is 5.69 Å². The molecule has 0 saturated carbocycles. The number of aliphatic hydroxyl groups excluding tert-OH is 1. The molecule has 0 unspecified atom stereocenters. The monoisotopic (exact) mass is 324 g/mol. The number of aryl methyl sites for hydroxylation is 1. The molecule has 1 heterocycles. The van der Waals surface area contributed by atoms with Crippen LogP contribution in [0.2, 0.25) is 0 Å². The molecule has 0 saturated heterocycles. The Morgan fingerprint density at radius 1 is 1.25 bits per heavy atom. The number of carbonyl (C=O) groups is 1. The summed E-state index contributed by atoms with van der Waals surface area (Å²) in [5.41, 5.74) is 3.65. The Balaban J connectivity index is 1.90. The molecule has 124 valence electrons. The number of para-hydroxylation sites is 1. The van der Waals surface area contributed by atoms with Crippen molar-refractivity contribution in [3.05, 3.63) is 59.3 Å². The normalized spacial score (nSPS) is 10.8. The fourth-order valence-corrected chi connectivity index (χ4v) is 2.84. The van der Waals surface area contributed by atoms with Crippen molar-refractivity contribution in [2.24, 2.45) is 0 Å². The standard InChI is InChI=1S/C19H20N2O3/c1-3-24-17-9-8-14(10-13(17)11-22)21-19(23)18-12(2)20-16-7-5-4-6-15(16)18/h4-10,20,22H,3,11H2,1-2H3,(H,21,23). The molecule has 2 aromatic carbocycles. The van der Waals surface area contributed by atoms with Gasteiger partial charge in [-0.15, -0.1) is 0 Å². The number of aromatic amines is 1. The van der Waals surface area contributed by atoms with E-state index in [1.807, 2.05) is 38.1 Å². The smallest absolute Gasteiger partial charge is 0.258 e. The molecular weight excluding hydrogens is 304 g/mol. The third kappa shape index (κ3) is 2.98. The van der Waals surface area contributed by atoms with E-state index >= 15 is 0 Å². The molecule has 5 nitrogen and oxygen atoms in total. The minimum Gasteiger partial charge on any atom is -0.494 e. The van der Waals surface area contributed by atoms with Gasteiger partial charge in [-0.05, 0) is 38.1 Å². The SMILES string of the molecule is CCOc1ccc(NC(=O)c2c(C)[nH]c3ccccc23)cc1CO. The van der Waals surface area contributed by atoms with E-state index in [9.17, 15) is 9.90 Å². The van der Waals surface area contributed by atoms with Gasteiger partial charge in [-0.3, -0.25) is 4.79 Å². The average molecular weight is 324 g/mol. The summed E-state index contributed by atoms with van der Waals surface area (Å²) < 4.78 is 5.46. The minimum atomic E-state index is -0.182. The second kappa shape index (κ2) is 6.76. The number of benzene rings is 2. The maximum atomic E-state index is 12.7. The van der Waals surface area contributed by atoms with Crippen LogP contribution < -0.4 is 10.1 Å². The van der Waals surface area contributed by atoms with E-state index in [2.05, 4.69) is 10.3 Å². The van der Waals surface area contributed by atoms with Crippen LogP contribution in [-0.2, 0) is 6.61 Å². The Labute approximate surface area is 140 Å². The van der Waals surface area contributed by atoms with Crippen molar-refractivity contribution in [3.63, 3.8) is 0 Å². The molecule has 3 rings (SSSR count). The van der Waals surface area contributed by atoms with Crippen molar-refractivity contribution in [1.29, 1.82) is 0 Å². The molecule has 0 atom stereocenters.